The molecule has 0 N–H and O–H groups in total. The van der Waals surface area contributed by atoms with Crippen molar-refractivity contribution in [1.29, 1.82) is 0 Å². The molecule has 0 aromatic heterocycles. The Morgan fingerprint density at radius 3 is 1.94 bits per heavy atom. The topological polar surface area (TPSA) is 0 Å². The molecule has 4 heteroatoms. The van der Waals surface area contributed by atoms with Gasteiger partial charge in [0.2, 0.25) is 0 Å². The van der Waals surface area contributed by atoms with Crippen molar-refractivity contribution >= 4 is 46.4 Å². The minimum absolute atomic E-state index is 0.286. The Kier molecular flexibility index (Phi) is 3.89. The SMILES string of the molecule is Cc1ccc(-c2cc(Cl)c(Cl)c(Cl)c2Cl)cc1. The molecule has 0 unspecified atom stereocenters. The zero-order valence-corrected chi connectivity index (χ0v) is 11.9. The van der Waals surface area contributed by atoms with Gasteiger partial charge in [-0.3, -0.25) is 0 Å². The fourth-order valence-electron chi connectivity index (χ4n) is 1.52. The third-order valence-electron chi connectivity index (χ3n) is 2.47. The molecule has 0 aliphatic heterocycles. The van der Waals surface area contributed by atoms with E-state index in [2.05, 4.69) is 0 Å². The van der Waals surface area contributed by atoms with Gasteiger partial charge in [-0.15, -0.1) is 0 Å². The summed E-state index contributed by atoms with van der Waals surface area (Å²) in [6.45, 7) is 2.02. The summed E-state index contributed by atoms with van der Waals surface area (Å²) in [6.07, 6.45) is 0. The predicted octanol–water partition coefficient (Wildman–Crippen LogP) is 6.28. The molecule has 0 bridgehead atoms. The Bertz CT molecular complexity index is 559. The van der Waals surface area contributed by atoms with E-state index < -0.39 is 0 Å². The van der Waals surface area contributed by atoms with Crippen LogP contribution in [-0.2, 0) is 0 Å². The number of hydrogen-bond acceptors (Lipinski definition) is 0. The maximum absolute atomic E-state index is 6.17. The Hall–Kier alpha value is -0.400. The second kappa shape index (κ2) is 5.07. The van der Waals surface area contributed by atoms with Crippen LogP contribution in [0.25, 0.3) is 11.1 Å². The summed E-state index contributed by atoms with van der Waals surface area (Å²) < 4.78 is 0. The van der Waals surface area contributed by atoms with Gasteiger partial charge >= 0.3 is 0 Å². The van der Waals surface area contributed by atoms with Crippen LogP contribution in [-0.4, -0.2) is 0 Å². The quantitative estimate of drug-likeness (QED) is 0.430. The van der Waals surface area contributed by atoms with Crippen LogP contribution in [0.5, 0.6) is 0 Å². The summed E-state index contributed by atoms with van der Waals surface area (Å²) in [5, 5.41) is 1.40. The Morgan fingerprint density at radius 2 is 1.35 bits per heavy atom. The molecular weight excluding hydrogens is 298 g/mol. The second-order valence-corrected chi connectivity index (χ2v) is 5.26. The van der Waals surface area contributed by atoms with E-state index in [0.29, 0.717) is 10.0 Å². The van der Waals surface area contributed by atoms with Crippen molar-refractivity contribution in [3.05, 3.63) is 56.0 Å². The van der Waals surface area contributed by atoms with Gasteiger partial charge in [-0.1, -0.05) is 76.2 Å². The van der Waals surface area contributed by atoms with Gasteiger partial charge in [-0.05, 0) is 18.6 Å². The predicted molar refractivity (Wildman–Crippen MR) is 76.7 cm³/mol. The Labute approximate surface area is 120 Å². The summed E-state index contributed by atoms with van der Waals surface area (Å²) in [5.74, 6) is 0. The van der Waals surface area contributed by atoms with Gasteiger partial charge in [-0.2, -0.15) is 0 Å². The van der Waals surface area contributed by atoms with E-state index in [-0.39, 0.29) is 10.0 Å². The first-order valence-electron chi connectivity index (χ1n) is 4.90. The first kappa shape index (κ1) is 13.0. The standard InChI is InChI=1S/C13H8Cl4/c1-7-2-4-8(5-3-7)9-6-10(14)12(16)13(17)11(9)15/h2-6H,1H3. The normalized spacial score (nSPS) is 10.6. The van der Waals surface area contributed by atoms with Gasteiger partial charge in [0.15, 0.2) is 0 Å². The van der Waals surface area contributed by atoms with Gasteiger partial charge in [0.05, 0.1) is 20.1 Å². The van der Waals surface area contributed by atoms with Crippen LogP contribution < -0.4 is 0 Å². The number of benzene rings is 2. The molecule has 0 spiro atoms. The maximum atomic E-state index is 6.17. The number of halogens is 4. The smallest absolute Gasteiger partial charge is 0.0800 e. The van der Waals surface area contributed by atoms with Crippen LogP contribution in [0.1, 0.15) is 5.56 Å². The number of aryl methyl sites for hydroxylation is 1. The van der Waals surface area contributed by atoms with Crippen molar-refractivity contribution in [3.8, 4) is 11.1 Å². The minimum Gasteiger partial charge on any atom is -0.0826 e. The maximum Gasteiger partial charge on any atom is 0.0800 e. The lowest BCUT2D eigenvalue weighted by Gasteiger charge is -2.09. The molecule has 88 valence electrons. The zero-order chi connectivity index (χ0) is 12.6. The van der Waals surface area contributed by atoms with E-state index in [1.165, 1.54) is 5.56 Å². The third-order valence-corrected chi connectivity index (χ3v) is 4.22. The van der Waals surface area contributed by atoms with Crippen molar-refractivity contribution in [2.24, 2.45) is 0 Å². The molecule has 0 saturated heterocycles. The molecule has 0 radical (unpaired) electrons. The molecule has 0 saturated carbocycles. The highest BCUT2D eigenvalue weighted by atomic mass is 35.5. The largest absolute Gasteiger partial charge is 0.0826 e. The Morgan fingerprint density at radius 1 is 0.765 bits per heavy atom. The molecule has 0 nitrogen and oxygen atoms in total. The van der Waals surface area contributed by atoms with Crippen LogP contribution in [0.2, 0.25) is 20.1 Å². The van der Waals surface area contributed by atoms with Crippen LogP contribution in [0, 0.1) is 6.92 Å². The molecule has 0 fully saturated rings. The van der Waals surface area contributed by atoms with Crippen molar-refractivity contribution in [2.45, 2.75) is 6.92 Å². The van der Waals surface area contributed by atoms with Crippen LogP contribution >= 0.6 is 46.4 Å². The highest BCUT2D eigenvalue weighted by molar-refractivity contribution is 6.52. The zero-order valence-electron chi connectivity index (χ0n) is 8.90. The van der Waals surface area contributed by atoms with E-state index in [9.17, 15) is 0 Å². The first-order valence-corrected chi connectivity index (χ1v) is 6.42. The van der Waals surface area contributed by atoms with Gasteiger partial charge in [0.25, 0.3) is 0 Å². The van der Waals surface area contributed by atoms with Gasteiger partial charge in [0.1, 0.15) is 0 Å². The molecule has 0 atom stereocenters. The van der Waals surface area contributed by atoms with Crippen molar-refractivity contribution in [2.75, 3.05) is 0 Å². The average molecular weight is 306 g/mol. The molecule has 17 heavy (non-hydrogen) atoms. The van der Waals surface area contributed by atoms with E-state index in [4.69, 9.17) is 46.4 Å². The summed E-state index contributed by atoms with van der Waals surface area (Å²) in [6, 6.07) is 9.67. The van der Waals surface area contributed by atoms with Gasteiger partial charge in [0, 0.05) is 5.56 Å². The van der Waals surface area contributed by atoms with Gasteiger partial charge in [-0.25, -0.2) is 0 Å². The van der Waals surface area contributed by atoms with Crippen molar-refractivity contribution < 1.29 is 0 Å². The molecule has 2 aromatic carbocycles. The summed E-state index contributed by atoms with van der Waals surface area (Å²) in [4.78, 5) is 0. The minimum atomic E-state index is 0.286. The Balaban J connectivity index is 2.64. The highest BCUT2D eigenvalue weighted by Crippen LogP contribution is 2.42. The van der Waals surface area contributed by atoms with Crippen LogP contribution in [0.4, 0.5) is 0 Å². The lowest BCUT2D eigenvalue weighted by molar-refractivity contribution is 1.47. The second-order valence-electron chi connectivity index (χ2n) is 3.71. The summed E-state index contributed by atoms with van der Waals surface area (Å²) in [7, 11) is 0. The summed E-state index contributed by atoms with van der Waals surface area (Å²) in [5.41, 5.74) is 2.92. The fourth-order valence-corrected chi connectivity index (χ4v) is 2.43. The summed E-state index contributed by atoms with van der Waals surface area (Å²) >= 11 is 24.1. The molecule has 2 aromatic rings. The molecule has 0 heterocycles. The molecule has 2 rings (SSSR count). The van der Waals surface area contributed by atoms with E-state index in [1.807, 2.05) is 31.2 Å². The van der Waals surface area contributed by atoms with Crippen molar-refractivity contribution in [3.63, 3.8) is 0 Å². The van der Waals surface area contributed by atoms with E-state index in [0.717, 1.165) is 11.1 Å². The molecule has 0 aliphatic rings. The lowest BCUT2D eigenvalue weighted by Crippen LogP contribution is -1.84. The monoisotopic (exact) mass is 304 g/mol. The van der Waals surface area contributed by atoms with E-state index in [1.54, 1.807) is 6.07 Å². The molecule has 0 amide bonds. The average Bonchev–Trinajstić information content (AvgIpc) is 2.32. The van der Waals surface area contributed by atoms with Crippen LogP contribution in [0.3, 0.4) is 0 Å². The van der Waals surface area contributed by atoms with Crippen molar-refractivity contribution in [1.82, 2.24) is 0 Å². The van der Waals surface area contributed by atoms with Crippen LogP contribution in [0.15, 0.2) is 30.3 Å². The number of rotatable bonds is 1. The first-order chi connectivity index (χ1) is 8.00. The third kappa shape index (κ3) is 2.56. The fraction of sp³-hybridized carbons (Fsp3) is 0.0769. The molecular formula is C13H8Cl4. The highest BCUT2D eigenvalue weighted by Gasteiger charge is 2.14. The van der Waals surface area contributed by atoms with E-state index >= 15 is 0 Å². The molecule has 0 aliphatic carbocycles. The lowest BCUT2D eigenvalue weighted by atomic mass is 10.0. The van der Waals surface area contributed by atoms with Gasteiger partial charge < -0.3 is 0 Å². The number of hydrogen-bond donors (Lipinski definition) is 0.